The van der Waals surface area contributed by atoms with Crippen molar-refractivity contribution in [1.82, 2.24) is 13.5 Å². The molecule has 2 rings (SSSR count). The van der Waals surface area contributed by atoms with E-state index in [0.717, 1.165) is 31.0 Å². The summed E-state index contributed by atoms with van der Waals surface area (Å²) in [7, 11) is -3.55. The lowest BCUT2D eigenvalue weighted by Crippen LogP contribution is -2.32. The second-order valence-corrected chi connectivity index (χ2v) is 7.95. The number of aromatic nitrogens is 2. The Morgan fingerprint density at radius 1 is 1.19 bits per heavy atom. The average Bonchev–Trinajstić information content (AvgIpc) is 2.85. The lowest BCUT2D eigenvalue weighted by molar-refractivity contribution is 0.488. The first kappa shape index (κ1) is 16.3. The molecule has 0 saturated carbocycles. The van der Waals surface area contributed by atoms with Crippen molar-refractivity contribution in [2.45, 2.75) is 51.0 Å². The molecule has 0 unspecified atom stereocenters. The van der Waals surface area contributed by atoms with Crippen LogP contribution in [0, 0.1) is 5.92 Å². The SMILES string of the molecule is CC(C)CCC[C@@H](C)NS(=O)(=O)c1cccc2nsnc12. The molecule has 1 aromatic carbocycles. The zero-order chi connectivity index (χ0) is 15.5. The highest BCUT2D eigenvalue weighted by atomic mass is 32.2. The molecule has 0 fully saturated rings. The molecule has 0 aliphatic heterocycles. The van der Waals surface area contributed by atoms with Gasteiger partial charge >= 0.3 is 0 Å². The maximum absolute atomic E-state index is 12.5. The normalized spacial score (nSPS) is 13.9. The van der Waals surface area contributed by atoms with E-state index in [9.17, 15) is 8.42 Å². The van der Waals surface area contributed by atoms with E-state index in [4.69, 9.17) is 0 Å². The number of rotatable bonds is 7. The van der Waals surface area contributed by atoms with Gasteiger partial charge in [0.05, 0.1) is 11.7 Å². The van der Waals surface area contributed by atoms with E-state index in [1.54, 1.807) is 18.2 Å². The third-order valence-electron chi connectivity index (χ3n) is 3.31. The second kappa shape index (κ2) is 6.81. The van der Waals surface area contributed by atoms with Crippen molar-refractivity contribution in [3.05, 3.63) is 18.2 Å². The fourth-order valence-electron chi connectivity index (χ4n) is 2.22. The van der Waals surface area contributed by atoms with Crippen LogP contribution in [-0.4, -0.2) is 23.2 Å². The Hall–Kier alpha value is -1.05. The van der Waals surface area contributed by atoms with Gasteiger partial charge in [0.15, 0.2) is 0 Å². The number of hydrogen-bond donors (Lipinski definition) is 1. The van der Waals surface area contributed by atoms with Crippen LogP contribution >= 0.6 is 11.7 Å². The summed E-state index contributed by atoms with van der Waals surface area (Å²) in [4.78, 5) is 0.212. The third-order valence-corrected chi connectivity index (χ3v) is 5.48. The summed E-state index contributed by atoms with van der Waals surface area (Å²) < 4.78 is 35.9. The minimum Gasteiger partial charge on any atom is -0.208 e. The Morgan fingerprint density at radius 3 is 2.67 bits per heavy atom. The molecule has 1 atom stereocenters. The first-order valence-electron chi connectivity index (χ1n) is 7.14. The minimum absolute atomic E-state index is 0.0874. The molecule has 0 spiro atoms. The van der Waals surface area contributed by atoms with E-state index in [2.05, 4.69) is 27.3 Å². The second-order valence-electron chi connectivity index (χ2n) is 5.74. The average molecular weight is 327 g/mol. The molecule has 116 valence electrons. The molecule has 5 nitrogen and oxygen atoms in total. The number of nitrogens with zero attached hydrogens (tertiary/aromatic N) is 2. The van der Waals surface area contributed by atoms with Gasteiger partial charge in [-0.15, -0.1) is 0 Å². The molecule has 1 N–H and O–H groups in total. The quantitative estimate of drug-likeness (QED) is 0.848. The highest BCUT2D eigenvalue weighted by Crippen LogP contribution is 2.21. The summed E-state index contributed by atoms with van der Waals surface area (Å²) in [6, 6.07) is 4.95. The van der Waals surface area contributed by atoms with Crippen LogP contribution < -0.4 is 4.72 Å². The van der Waals surface area contributed by atoms with E-state index in [-0.39, 0.29) is 10.9 Å². The standard InChI is InChI=1S/C14H21N3O2S2/c1-10(2)6-4-7-11(3)17-21(18,19)13-9-5-8-12-14(13)16-20-15-12/h5,8-11,17H,4,6-7H2,1-3H3/t11-/m1/s1. The molecule has 7 heteroatoms. The number of hydrogen-bond acceptors (Lipinski definition) is 5. The predicted molar refractivity (Wildman–Crippen MR) is 85.9 cm³/mol. The molecular formula is C14H21N3O2S2. The number of benzene rings is 1. The smallest absolute Gasteiger partial charge is 0.208 e. The van der Waals surface area contributed by atoms with Gasteiger partial charge in [-0.3, -0.25) is 0 Å². The van der Waals surface area contributed by atoms with Gasteiger partial charge in [-0.05, 0) is 31.4 Å². The van der Waals surface area contributed by atoms with Gasteiger partial charge in [0, 0.05) is 6.04 Å². The van der Waals surface area contributed by atoms with Crippen LogP contribution in [0.5, 0.6) is 0 Å². The lowest BCUT2D eigenvalue weighted by atomic mass is 10.0. The number of fused-ring (bicyclic) bond motifs is 1. The van der Waals surface area contributed by atoms with Crippen molar-refractivity contribution in [2.75, 3.05) is 0 Å². The van der Waals surface area contributed by atoms with Crippen molar-refractivity contribution >= 4 is 32.8 Å². The van der Waals surface area contributed by atoms with E-state index >= 15 is 0 Å². The summed E-state index contributed by atoms with van der Waals surface area (Å²) in [6.45, 7) is 6.24. The molecule has 21 heavy (non-hydrogen) atoms. The maximum atomic E-state index is 12.5. The fraction of sp³-hybridized carbons (Fsp3) is 0.571. The molecule has 0 amide bonds. The Bertz CT molecular complexity index is 695. The van der Waals surface area contributed by atoms with Crippen molar-refractivity contribution in [2.24, 2.45) is 5.92 Å². The van der Waals surface area contributed by atoms with Crippen LogP contribution in [-0.2, 0) is 10.0 Å². The molecule has 1 aromatic heterocycles. The van der Waals surface area contributed by atoms with E-state index in [1.165, 1.54) is 0 Å². The van der Waals surface area contributed by atoms with Gasteiger partial charge in [0.1, 0.15) is 15.9 Å². The molecule has 2 aromatic rings. The van der Waals surface area contributed by atoms with Gasteiger partial charge < -0.3 is 0 Å². The minimum atomic E-state index is -3.55. The highest BCUT2D eigenvalue weighted by Gasteiger charge is 2.21. The number of nitrogens with one attached hydrogen (secondary N) is 1. The van der Waals surface area contributed by atoms with E-state index in [0.29, 0.717) is 17.0 Å². The Morgan fingerprint density at radius 2 is 1.95 bits per heavy atom. The first-order chi connectivity index (χ1) is 9.90. The Labute approximate surface area is 130 Å². The van der Waals surface area contributed by atoms with E-state index in [1.807, 2.05) is 6.92 Å². The van der Waals surface area contributed by atoms with Gasteiger partial charge in [0.2, 0.25) is 10.0 Å². The van der Waals surface area contributed by atoms with Crippen LogP contribution in [0.15, 0.2) is 23.1 Å². The largest absolute Gasteiger partial charge is 0.243 e. The molecule has 1 heterocycles. The van der Waals surface area contributed by atoms with Crippen LogP contribution in [0.25, 0.3) is 11.0 Å². The zero-order valence-corrected chi connectivity index (χ0v) is 14.2. The fourth-order valence-corrected chi connectivity index (χ4v) is 4.26. The summed E-state index contributed by atoms with van der Waals surface area (Å²) >= 11 is 1.03. The molecular weight excluding hydrogens is 306 g/mol. The van der Waals surface area contributed by atoms with Crippen LogP contribution in [0.1, 0.15) is 40.0 Å². The van der Waals surface area contributed by atoms with Crippen LogP contribution in [0.3, 0.4) is 0 Å². The van der Waals surface area contributed by atoms with Gasteiger partial charge in [-0.2, -0.15) is 8.75 Å². The van der Waals surface area contributed by atoms with Crippen molar-refractivity contribution in [3.63, 3.8) is 0 Å². The van der Waals surface area contributed by atoms with Gasteiger partial charge in [-0.25, -0.2) is 13.1 Å². The van der Waals surface area contributed by atoms with Crippen LogP contribution in [0.4, 0.5) is 0 Å². The highest BCUT2D eigenvalue weighted by molar-refractivity contribution is 7.89. The number of sulfonamides is 1. The van der Waals surface area contributed by atoms with Crippen molar-refractivity contribution in [3.8, 4) is 0 Å². The third kappa shape index (κ3) is 4.21. The van der Waals surface area contributed by atoms with Gasteiger partial charge in [0.25, 0.3) is 0 Å². The van der Waals surface area contributed by atoms with Crippen molar-refractivity contribution < 1.29 is 8.42 Å². The lowest BCUT2D eigenvalue weighted by Gasteiger charge is -2.15. The molecule has 0 aliphatic rings. The summed E-state index contributed by atoms with van der Waals surface area (Å²) in [5, 5.41) is 0. The summed E-state index contributed by atoms with van der Waals surface area (Å²) in [6.07, 6.45) is 2.96. The molecule has 0 aliphatic carbocycles. The summed E-state index contributed by atoms with van der Waals surface area (Å²) in [5.74, 6) is 0.642. The Kier molecular flexibility index (Phi) is 5.29. The van der Waals surface area contributed by atoms with Gasteiger partial charge in [-0.1, -0.05) is 32.8 Å². The Balaban J connectivity index is 2.10. The molecule has 0 bridgehead atoms. The van der Waals surface area contributed by atoms with E-state index < -0.39 is 10.0 Å². The monoisotopic (exact) mass is 327 g/mol. The first-order valence-corrected chi connectivity index (χ1v) is 9.35. The predicted octanol–water partition coefficient (Wildman–Crippen LogP) is 3.18. The summed E-state index contributed by atoms with van der Waals surface area (Å²) in [5.41, 5.74) is 1.07. The van der Waals surface area contributed by atoms with Crippen LogP contribution in [0.2, 0.25) is 0 Å². The van der Waals surface area contributed by atoms with Crippen molar-refractivity contribution in [1.29, 1.82) is 0 Å². The molecule has 0 saturated heterocycles. The maximum Gasteiger partial charge on any atom is 0.243 e. The molecule has 0 radical (unpaired) electrons. The zero-order valence-electron chi connectivity index (χ0n) is 12.5. The topological polar surface area (TPSA) is 72.0 Å².